The van der Waals surface area contributed by atoms with E-state index in [2.05, 4.69) is 33.0 Å². The summed E-state index contributed by atoms with van der Waals surface area (Å²) < 4.78 is 6.00. The number of urea groups is 1. The minimum atomic E-state index is -0.0548. The zero-order chi connectivity index (χ0) is 14.8. The minimum absolute atomic E-state index is 0.0548. The molecule has 0 saturated carbocycles. The van der Waals surface area contributed by atoms with Crippen molar-refractivity contribution >= 4 is 6.03 Å². The normalized spacial score (nSPS) is 34.0. The number of hydrogen-bond donors (Lipinski definition) is 1. The van der Waals surface area contributed by atoms with Crippen LogP contribution in [0.5, 0.6) is 0 Å². The van der Waals surface area contributed by atoms with Gasteiger partial charge in [0.2, 0.25) is 0 Å². The standard InChI is InChI=1S/C16H30N2O2/c1-5-8-16(4)13(7-10-20-16)14-11-18(15(19)17-14)9-6-12(2)3/h12-14H,5-11H2,1-4H3,(H,17,19). The van der Waals surface area contributed by atoms with Gasteiger partial charge in [0.05, 0.1) is 11.6 Å². The summed E-state index contributed by atoms with van der Waals surface area (Å²) in [6.45, 7) is 11.4. The highest BCUT2D eigenvalue weighted by molar-refractivity contribution is 5.77. The second kappa shape index (κ2) is 6.33. The quantitative estimate of drug-likeness (QED) is 0.813. The summed E-state index contributed by atoms with van der Waals surface area (Å²) in [5.41, 5.74) is -0.0548. The Morgan fingerprint density at radius 1 is 1.50 bits per heavy atom. The predicted molar refractivity (Wildman–Crippen MR) is 80.7 cm³/mol. The van der Waals surface area contributed by atoms with Gasteiger partial charge in [0.15, 0.2) is 0 Å². The molecule has 4 heteroatoms. The molecule has 1 N–H and O–H groups in total. The smallest absolute Gasteiger partial charge is 0.317 e. The highest BCUT2D eigenvalue weighted by Gasteiger charge is 2.47. The number of nitrogens with zero attached hydrogens (tertiary/aromatic N) is 1. The Kier molecular flexibility index (Phi) is 4.95. The van der Waals surface area contributed by atoms with Gasteiger partial charge in [-0.15, -0.1) is 0 Å². The predicted octanol–water partition coefficient (Wildman–Crippen LogP) is 3.02. The van der Waals surface area contributed by atoms with E-state index in [9.17, 15) is 4.79 Å². The van der Waals surface area contributed by atoms with Crippen LogP contribution in [0.4, 0.5) is 4.79 Å². The minimum Gasteiger partial charge on any atom is -0.375 e. The Labute approximate surface area is 123 Å². The maximum atomic E-state index is 12.1. The largest absolute Gasteiger partial charge is 0.375 e. The van der Waals surface area contributed by atoms with Crippen LogP contribution in [0.1, 0.15) is 53.4 Å². The lowest BCUT2D eigenvalue weighted by molar-refractivity contribution is -0.0197. The molecule has 116 valence electrons. The van der Waals surface area contributed by atoms with Gasteiger partial charge < -0.3 is 15.0 Å². The molecule has 0 spiro atoms. The Hall–Kier alpha value is -0.770. The molecule has 2 amide bonds. The van der Waals surface area contributed by atoms with Crippen LogP contribution in [0, 0.1) is 11.8 Å². The van der Waals surface area contributed by atoms with E-state index in [4.69, 9.17) is 4.74 Å². The van der Waals surface area contributed by atoms with Gasteiger partial charge in [0, 0.05) is 25.6 Å². The topological polar surface area (TPSA) is 41.6 Å². The fraction of sp³-hybridized carbons (Fsp3) is 0.938. The third-order valence-electron chi connectivity index (χ3n) is 4.87. The molecule has 2 aliphatic rings. The fourth-order valence-electron chi connectivity index (χ4n) is 3.66. The first-order valence-corrected chi connectivity index (χ1v) is 8.15. The molecule has 0 bridgehead atoms. The maximum Gasteiger partial charge on any atom is 0.317 e. The van der Waals surface area contributed by atoms with Crippen molar-refractivity contribution < 1.29 is 9.53 Å². The van der Waals surface area contributed by atoms with Crippen molar-refractivity contribution in [2.24, 2.45) is 11.8 Å². The van der Waals surface area contributed by atoms with Gasteiger partial charge in [-0.2, -0.15) is 0 Å². The van der Waals surface area contributed by atoms with Gasteiger partial charge in [-0.1, -0.05) is 27.2 Å². The van der Waals surface area contributed by atoms with Gasteiger partial charge in [-0.05, 0) is 32.1 Å². The van der Waals surface area contributed by atoms with Crippen LogP contribution in [-0.4, -0.2) is 42.3 Å². The van der Waals surface area contributed by atoms with Gasteiger partial charge in [0.1, 0.15) is 0 Å². The van der Waals surface area contributed by atoms with Crippen LogP contribution in [0.15, 0.2) is 0 Å². The third kappa shape index (κ3) is 3.27. The van der Waals surface area contributed by atoms with Crippen molar-refractivity contribution in [3.05, 3.63) is 0 Å². The van der Waals surface area contributed by atoms with Crippen LogP contribution in [-0.2, 0) is 4.74 Å². The van der Waals surface area contributed by atoms with Crippen LogP contribution < -0.4 is 5.32 Å². The highest BCUT2D eigenvalue weighted by Crippen LogP contribution is 2.39. The Morgan fingerprint density at radius 2 is 2.25 bits per heavy atom. The molecule has 0 aromatic carbocycles. The number of amides is 2. The Morgan fingerprint density at radius 3 is 2.90 bits per heavy atom. The second-order valence-corrected chi connectivity index (χ2v) is 6.99. The van der Waals surface area contributed by atoms with E-state index in [-0.39, 0.29) is 17.7 Å². The van der Waals surface area contributed by atoms with E-state index in [1.165, 1.54) is 0 Å². The van der Waals surface area contributed by atoms with Crippen molar-refractivity contribution in [2.45, 2.75) is 65.0 Å². The first-order valence-electron chi connectivity index (χ1n) is 8.15. The van der Waals surface area contributed by atoms with E-state index in [1.807, 2.05) is 4.90 Å². The van der Waals surface area contributed by atoms with Crippen molar-refractivity contribution in [1.29, 1.82) is 0 Å². The van der Waals surface area contributed by atoms with E-state index < -0.39 is 0 Å². The summed E-state index contributed by atoms with van der Waals surface area (Å²) in [5, 5.41) is 3.19. The molecule has 2 fully saturated rings. The number of ether oxygens (including phenoxy) is 1. The van der Waals surface area contributed by atoms with E-state index in [1.54, 1.807) is 0 Å². The van der Waals surface area contributed by atoms with Crippen LogP contribution >= 0.6 is 0 Å². The van der Waals surface area contributed by atoms with Crippen LogP contribution in [0.25, 0.3) is 0 Å². The summed E-state index contributed by atoms with van der Waals surface area (Å²) in [6, 6.07) is 0.370. The molecule has 2 aliphatic heterocycles. The first-order chi connectivity index (χ1) is 9.46. The SMILES string of the molecule is CCCC1(C)OCCC1C1CN(CCC(C)C)C(=O)N1. The Balaban J connectivity index is 1.95. The van der Waals surface area contributed by atoms with E-state index in [0.29, 0.717) is 11.8 Å². The lowest BCUT2D eigenvalue weighted by atomic mass is 9.80. The summed E-state index contributed by atoms with van der Waals surface area (Å²) in [5.74, 6) is 1.09. The van der Waals surface area contributed by atoms with Crippen molar-refractivity contribution in [3.63, 3.8) is 0 Å². The molecule has 2 rings (SSSR count). The van der Waals surface area contributed by atoms with Gasteiger partial charge in [-0.25, -0.2) is 4.79 Å². The molecule has 2 saturated heterocycles. The molecule has 3 atom stereocenters. The van der Waals surface area contributed by atoms with Crippen molar-refractivity contribution in [1.82, 2.24) is 10.2 Å². The monoisotopic (exact) mass is 282 g/mol. The number of rotatable bonds is 6. The lowest BCUT2D eigenvalue weighted by Crippen LogP contribution is -2.44. The molecule has 2 heterocycles. The van der Waals surface area contributed by atoms with E-state index >= 15 is 0 Å². The molecule has 0 aromatic heterocycles. The number of carbonyl (C=O) groups excluding carboxylic acids is 1. The summed E-state index contributed by atoms with van der Waals surface area (Å²) in [7, 11) is 0. The average molecular weight is 282 g/mol. The van der Waals surface area contributed by atoms with Crippen LogP contribution in [0.2, 0.25) is 0 Å². The molecular formula is C16H30N2O2. The average Bonchev–Trinajstić information content (AvgIpc) is 2.91. The first kappa shape index (κ1) is 15.6. The summed E-state index contributed by atoms with van der Waals surface area (Å²) in [4.78, 5) is 14.1. The molecule has 0 aromatic rings. The van der Waals surface area contributed by atoms with Crippen molar-refractivity contribution in [2.75, 3.05) is 19.7 Å². The molecule has 0 aliphatic carbocycles. The number of hydrogen-bond acceptors (Lipinski definition) is 2. The van der Waals surface area contributed by atoms with E-state index in [0.717, 1.165) is 45.4 Å². The molecule has 0 radical (unpaired) electrons. The van der Waals surface area contributed by atoms with Gasteiger partial charge in [-0.3, -0.25) is 0 Å². The fourth-order valence-corrected chi connectivity index (χ4v) is 3.66. The number of carbonyl (C=O) groups is 1. The number of nitrogens with one attached hydrogen (secondary N) is 1. The maximum absolute atomic E-state index is 12.1. The summed E-state index contributed by atoms with van der Waals surface area (Å²) in [6.07, 6.45) is 4.35. The zero-order valence-electron chi connectivity index (χ0n) is 13.4. The zero-order valence-corrected chi connectivity index (χ0v) is 13.4. The van der Waals surface area contributed by atoms with Gasteiger partial charge in [0.25, 0.3) is 0 Å². The highest BCUT2D eigenvalue weighted by atomic mass is 16.5. The molecule has 4 nitrogen and oxygen atoms in total. The molecule has 20 heavy (non-hydrogen) atoms. The Bertz CT molecular complexity index is 345. The third-order valence-corrected chi connectivity index (χ3v) is 4.87. The van der Waals surface area contributed by atoms with Crippen molar-refractivity contribution in [3.8, 4) is 0 Å². The van der Waals surface area contributed by atoms with Crippen LogP contribution in [0.3, 0.4) is 0 Å². The molecule has 3 unspecified atom stereocenters. The lowest BCUT2D eigenvalue weighted by Gasteiger charge is -2.33. The second-order valence-electron chi connectivity index (χ2n) is 6.99. The molecular weight excluding hydrogens is 252 g/mol. The van der Waals surface area contributed by atoms with Gasteiger partial charge >= 0.3 is 6.03 Å². The summed E-state index contributed by atoms with van der Waals surface area (Å²) >= 11 is 0.